The van der Waals surface area contributed by atoms with Gasteiger partial charge in [0, 0.05) is 18.7 Å². The molecule has 0 heterocycles. The van der Waals surface area contributed by atoms with Crippen molar-refractivity contribution in [2.24, 2.45) is 0 Å². The first-order chi connectivity index (χ1) is 12.8. The van der Waals surface area contributed by atoms with Crippen LogP contribution in [-0.2, 0) is 21.4 Å². The van der Waals surface area contributed by atoms with Gasteiger partial charge in [-0.25, -0.2) is 17.6 Å². The minimum Gasteiger partial charge on any atom is -0.495 e. The third kappa shape index (κ3) is 4.64. The first kappa shape index (κ1) is 20.9. The van der Waals surface area contributed by atoms with E-state index >= 15 is 0 Å². The average Bonchev–Trinajstić information content (AvgIpc) is 2.67. The molecule has 27 heavy (non-hydrogen) atoms. The van der Waals surface area contributed by atoms with E-state index in [4.69, 9.17) is 9.47 Å². The normalized spacial score (nSPS) is 11.4. The number of carbonyl (C=O) groups excluding carboxylic acids is 1. The van der Waals surface area contributed by atoms with Crippen LogP contribution in [0.4, 0.5) is 4.39 Å². The molecule has 146 valence electrons. The van der Waals surface area contributed by atoms with E-state index in [1.54, 1.807) is 19.9 Å². The van der Waals surface area contributed by atoms with Crippen molar-refractivity contribution in [3.8, 4) is 5.75 Å². The fourth-order valence-electron chi connectivity index (χ4n) is 2.55. The van der Waals surface area contributed by atoms with Crippen molar-refractivity contribution >= 4 is 16.0 Å². The van der Waals surface area contributed by atoms with E-state index in [1.807, 2.05) is 0 Å². The van der Waals surface area contributed by atoms with Crippen molar-refractivity contribution in [2.75, 3.05) is 20.2 Å². The number of hydrogen-bond acceptors (Lipinski definition) is 5. The maximum Gasteiger partial charge on any atom is 0.338 e. The largest absolute Gasteiger partial charge is 0.495 e. The molecule has 8 heteroatoms. The number of ether oxygens (including phenoxy) is 2. The molecule has 0 spiro atoms. The standard InChI is InChI=1S/C19H22FNO5S/c1-4-21(5-2)27(23,24)18-12-14(10-11-17(18)25-3)19(22)26-13-15-8-6-7-9-16(15)20/h6-12H,4-5,13H2,1-3H3. The number of methoxy groups -OCH3 is 1. The molecule has 0 saturated heterocycles. The molecule has 6 nitrogen and oxygen atoms in total. The number of hydrogen-bond donors (Lipinski definition) is 0. The molecule has 0 N–H and O–H groups in total. The van der Waals surface area contributed by atoms with Gasteiger partial charge in [0.15, 0.2) is 0 Å². The van der Waals surface area contributed by atoms with Gasteiger partial charge < -0.3 is 9.47 Å². The molecule has 2 aromatic carbocycles. The number of carbonyl (C=O) groups is 1. The summed E-state index contributed by atoms with van der Waals surface area (Å²) in [5.41, 5.74) is 0.271. The highest BCUT2D eigenvalue weighted by Crippen LogP contribution is 2.28. The molecule has 0 unspecified atom stereocenters. The monoisotopic (exact) mass is 395 g/mol. The Balaban J connectivity index is 2.31. The first-order valence-corrected chi connectivity index (χ1v) is 9.87. The lowest BCUT2D eigenvalue weighted by molar-refractivity contribution is 0.0468. The van der Waals surface area contributed by atoms with Crippen LogP contribution in [0.25, 0.3) is 0 Å². The van der Waals surface area contributed by atoms with Crippen molar-refractivity contribution in [1.29, 1.82) is 0 Å². The second-order valence-corrected chi connectivity index (χ2v) is 7.53. The van der Waals surface area contributed by atoms with Crippen LogP contribution in [0.1, 0.15) is 29.8 Å². The molecule has 0 aliphatic rings. The number of benzene rings is 2. The van der Waals surface area contributed by atoms with E-state index in [2.05, 4.69) is 0 Å². The highest BCUT2D eigenvalue weighted by molar-refractivity contribution is 7.89. The summed E-state index contributed by atoms with van der Waals surface area (Å²) in [6, 6.07) is 9.97. The van der Waals surface area contributed by atoms with Gasteiger partial charge in [-0.2, -0.15) is 4.31 Å². The van der Waals surface area contributed by atoms with Gasteiger partial charge in [0.2, 0.25) is 10.0 Å². The molecular weight excluding hydrogens is 373 g/mol. The lowest BCUT2D eigenvalue weighted by atomic mass is 10.2. The Morgan fingerprint density at radius 2 is 1.78 bits per heavy atom. The molecule has 0 bridgehead atoms. The van der Waals surface area contributed by atoms with Crippen molar-refractivity contribution < 1.29 is 27.1 Å². The van der Waals surface area contributed by atoms with Crippen LogP contribution in [0, 0.1) is 5.82 Å². The Morgan fingerprint density at radius 3 is 2.37 bits per heavy atom. The molecular formula is C19H22FNO5S. The smallest absolute Gasteiger partial charge is 0.338 e. The Kier molecular flexibility index (Phi) is 6.92. The highest BCUT2D eigenvalue weighted by Gasteiger charge is 2.27. The van der Waals surface area contributed by atoms with Crippen LogP contribution in [-0.4, -0.2) is 38.9 Å². The van der Waals surface area contributed by atoms with Crippen molar-refractivity contribution in [3.05, 3.63) is 59.4 Å². The Morgan fingerprint density at radius 1 is 1.11 bits per heavy atom. The number of halogens is 1. The van der Waals surface area contributed by atoms with Crippen LogP contribution in [0.3, 0.4) is 0 Å². The summed E-state index contributed by atoms with van der Waals surface area (Å²) in [6.45, 7) is 3.75. The van der Waals surface area contributed by atoms with Crippen LogP contribution in [0.5, 0.6) is 5.75 Å². The predicted molar refractivity (Wildman–Crippen MR) is 98.6 cm³/mol. The summed E-state index contributed by atoms with van der Waals surface area (Å²) in [4.78, 5) is 12.2. The Hall–Kier alpha value is -2.45. The van der Waals surface area contributed by atoms with E-state index in [0.717, 1.165) is 0 Å². The van der Waals surface area contributed by atoms with E-state index in [1.165, 1.54) is 47.8 Å². The fourth-order valence-corrected chi connectivity index (χ4v) is 4.19. The van der Waals surface area contributed by atoms with E-state index in [0.29, 0.717) is 0 Å². The van der Waals surface area contributed by atoms with Crippen LogP contribution >= 0.6 is 0 Å². The molecule has 0 aromatic heterocycles. The third-order valence-electron chi connectivity index (χ3n) is 4.04. The average molecular weight is 395 g/mol. The lowest BCUT2D eigenvalue weighted by Gasteiger charge is -2.20. The highest BCUT2D eigenvalue weighted by atomic mass is 32.2. The fraction of sp³-hybridized carbons (Fsp3) is 0.316. The topological polar surface area (TPSA) is 72.9 Å². The van der Waals surface area contributed by atoms with Gasteiger partial charge in [-0.05, 0) is 24.3 Å². The Bertz CT molecular complexity index is 910. The van der Waals surface area contributed by atoms with Crippen LogP contribution in [0.15, 0.2) is 47.4 Å². The summed E-state index contributed by atoms with van der Waals surface area (Å²) in [6.07, 6.45) is 0. The van der Waals surface area contributed by atoms with Crippen molar-refractivity contribution in [1.82, 2.24) is 4.31 Å². The van der Waals surface area contributed by atoms with Crippen LogP contribution in [0.2, 0.25) is 0 Å². The van der Waals surface area contributed by atoms with E-state index in [9.17, 15) is 17.6 Å². The second kappa shape index (κ2) is 8.96. The maximum atomic E-state index is 13.6. The molecule has 0 atom stereocenters. The van der Waals surface area contributed by atoms with Gasteiger partial charge in [0.05, 0.1) is 12.7 Å². The zero-order chi connectivity index (χ0) is 20.0. The molecule has 2 rings (SSSR count). The number of rotatable bonds is 8. The minimum absolute atomic E-state index is 0.0397. The molecule has 0 aliphatic heterocycles. The van der Waals surface area contributed by atoms with Crippen molar-refractivity contribution in [3.63, 3.8) is 0 Å². The van der Waals surface area contributed by atoms with Crippen LogP contribution < -0.4 is 4.74 Å². The summed E-state index contributed by atoms with van der Waals surface area (Å²) in [7, 11) is -2.48. The van der Waals surface area contributed by atoms with E-state index in [-0.39, 0.29) is 41.5 Å². The minimum atomic E-state index is -3.83. The molecule has 0 fully saturated rings. The molecule has 2 aromatic rings. The van der Waals surface area contributed by atoms with Gasteiger partial charge in [0.25, 0.3) is 0 Å². The van der Waals surface area contributed by atoms with Gasteiger partial charge >= 0.3 is 5.97 Å². The van der Waals surface area contributed by atoms with Gasteiger partial charge in [-0.15, -0.1) is 0 Å². The summed E-state index contributed by atoms with van der Waals surface area (Å²) in [5, 5.41) is 0. The third-order valence-corrected chi connectivity index (χ3v) is 6.11. The number of esters is 1. The predicted octanol–water partition coefficient (Wildman–Crippen LogP) is 3.22. The second-order valence-electron chi connectivity index (χ2n) is 5.62. The van der Waals surface area contributed by atoms with E-state index < -0.39 is 21.8 Å². The Labute approximate surface area is 158 Å². The number of nitrogens with zero attached hydrogens (tertiary/aromatic N) is 1. The molecule has 0 radical (unpaired) electrons. The van der Waals surface area contributed by atoms with Gasteiger partial charge in [-0.3, -0.25) is 0 Å². The zero-order valence-electron chi connectivity index (χ0n) is 15.4. The SMILES string of the molecule is CCN(CC)S(=O)(=O)c1cc(C(=O)OCc2ccccc2F)ccc1OC. The maximum absolute atomic E-state index is 13.6. The van der Waals surface area contributed by atoms with Crippen molar-refractivity contribution in [2.45, 2.75) is 25.3 Å². The zero-order valence-corrected chi connectivity index (χ0v) is 16.3. The quantitative estimate of drug-likeness (QED) is 0.642. The molecule has 0 amide bonds. The molecule has 0 aliphatic carbocycles. The van der Waals surface area contributed by atoms with Gasteiger partial charge in [0.1, 0.15) is 23.1 Å². The lowest BCUT2D eigenvalue weighted by Crippen LogP contribution is -2.31. The first-order valence-electron chi connectivity index (χ1n) is 8.43. The van der Waals surface area contributed by atoms with Gasteiger partial charge in [-0.1, -0.05) is 32.0 Å². The summed E-state index contributed by atoms with van der Waals surface area (Å²) in [5.74, 6) is -1.10. The molecule has 0 saturated carbocycles. The summed E-state index contributed by atoms with van der Waals surface area (Å²) >= 11 is 0. The summed E-state index contributed by atoms with van der Waals surface area (Å²) < 4.78 is 50.8. The number of sulfonamides is 1.